The lowest BCUT2D eigenvalue weighted by molar-refractivity contribution is 0.446. The third-order valence-corrected chi connectivity index (χ3v) is 2.25. The summed E-state index contributed by atoms with van der Waals surface area (Å²) in [7, 11) is 0. The normalized spacial score (nSPS) is 10.7. The van der Waals surface area contributed by atoms with Crippen LogP contribution < -0.4 is 5.73 Å². The van der Waals surface area contributed by atoms with E-state index in [4.69, 9.17) is 10.2 Å². The van der Waals surface area contributed by atoms with E-state index >= 15 is 0 Å². The second kappa shape index (κ2) is 3.98. The number of aromatic nitrogens is 2. The fraction of sp³-hybridized carbons (Fsp3) is 0.222. The molecule has 0 radical (unpaired) electrons. The number of hydrogen-bond acceptors (Lipinski definition) is 3. The molecule has 2 aromatic rings. The van der Waals surface area contributed by atoms with Crippen LogP contribution in [0.2, 0.25) is 0 Å². The smallest absolute Gasteiger partial charge is 0.125 e. The molecule has 0 saturated carbocycles. The first kappa shape index (κ1) is 9.48. The van der Waals surface area contributed by atoms with Crippen molar-refractivity contribution in [3.63, 3.8) is 0 Å². The minimum Gasteiger partial charge on any atom is -0.463 e. The van der Waals surface area contributed by atoms with Gasteiger partial charge in [-0.15, -0.1) is 0 Å². The maximum atomic E-state index is 5.44. The van der Waals surface area contributed by atoms with E-state index in [0.29, 0.717) is 13.1 Å². The van der Waals surface area contributed by atoms with Gasteiger partial charge in [0.05, 0.1) is 23.8 Å². The second-order valence-electron chi connectivity index (χ2n) is 2.93. The van der Waals surface area contributed by atoms with Crippen LogP contribution in [0.4, 0.5) is 0 Å². The molecule has 0 aliphatic carbocycles. The molecule has 0 spiro atoms. The Morgan fingerprint density at radius 2 is 2.21 bits per heavy atom. The molecule has 74 valence electrons. The number of nitrogens with two attached hydrogens (primary N) is 1. The molecule has 5 heteroatoms. The van der Waals surface area contributed by atoms with Gasteiger partial charge in [0, 0.05) is 6.20 Å². The summed E-state index contributed by atoms with van der Waals surface area (Å²) in [4.78, 5) is 0. The number of nitrogens with zero attached hydrogens (tertiary/aromatic N) is 2. The molecule has 2 rings (SSSR count). The number of halogens is 1. The van der Waals surface area contributed by atoms with E-state index in [-0.39, 0.29) is 0 Å². The van der Waals surface area contributed by atoms with Crippen molar-refractivity contribution in [2.45, 2.75) is 13.1 Å². The van der Waals surface area contributed by atoms with Crippen LogP contribution in [0.5, 0.6) is 0 Å². The Bertz CT molecular complexity index is 421. The Hall–Kier alpha value is -1.07. The van der Waals surface area contributed by atoms with Crippen LogP contribution in [-0.2, 0) is 13.1 Å². The number of rotatable bonds is 3. The van der Waals surface area contributed by atoms with Crippen LogP contribution in [0.15, 0.2) is 33.4 Å². The Morgan fingerprint density at radius 1 is 1.43 bits per heavy atom. The average molecular weight is 256 g/mol. The van der Waals surface area contributed by atoms with Crippen LogP contribution in [0.3, 0.4) is 0 Å². The SMILES string of the molecule is NCc1ccc(Cn2cc(Br)cn2)o1. The van der Waals surface area contributed by atoms with Gasteiger partial charge in [0.25, 0.3) is 0 Å². The highest BCUT2D eigenvalue weighted by Crippen LogP contribution is 2.11. The van der Waals surface area contributed by atoms with E-state index in [1.54, 1.807) is 10.9 Å². The van der Waals surface area contributed by atoms with E-state index in [9.17, 15) is 0 Å². The highest BCUT2D eigenvalue weighted by Gasteiger charge is 2.02. The lowest BCUT2D eigenvalue weighted by Gasteiger charge is -1.96. The highest BCUT2D eigenvalue weighted by atomic mass is 79.9. The first-order valence-electron chi connectivity index (χ1n) is 4.23. The van der Waals surface area contributed by atoms with Crippen molar-refractivity contribution in [1.29, 1.82) is 0 Å². The van der Waals surface area contributed by atoms with Gasteiger partial charge >= 0.3 is 0 Å². The van der Waals surface area contributed by atoms with Crippen molar-refractivity contribution in [3.05, 3.63) is 40.5 Å². The van der Waals surface area contributed by atoms with Crippen molar-refractivity contribution in [2.75, 3.05) is 0 Å². The van der Waals surface area contributed by atoms with Crippen molar-refractivity contribution in [1.82, 2.24) is 9.78 Å². The van der Waals surface area contributed by atoms with Gasteiger partial charge in [-0.25, -0.2) is 0 Å². The zero-order valence-corrected chi connectivity index (χ0v) is 9.07. The van der Waals surface area contributed by atoms with E-state index < -0.39 is 0 Å². The topological polar surface area (TPSA) is 57.0 Å². The van der Waals surface area contributed by atoms with Crippen LogP contribution in [0.25, 0.3) is 0 Å². The molecule has 2 N–H and O–H groups in total. The van der Waals surface area contributed by atoms with Crippen LogP contribution in [0, 0.1) is 0 Å². The molecule has 0 aromatic carbocycles. The summed E-state index contributed by atoms with van der Waals surface area (Å²) in [5.41, 5.74) is 5.44. The van der Waals surface area contributed by atoms with Crippen molar-refractivity contribution in [3.8, 4) is 0 Å². The molecule has 0 amide bonds. The maximum absolute atomic E-state index is 5.44. The Morgan fingerprint density at radius 3 is 2.79 bits per heavy atom. The Labute approximate surface area is 89.8 Å². The first-order chi connectivity index (χ1) is 6.78. The van der Waals surface area contributed by atoms with Crippen LogP contribution in [0.1, 0.15) is 11.5 Å². The first-order valence-corrected chi connectivity index (χ1v) is 5.03. The Balaban J connectivity index is 2.10. The van der Waals surface area contributed by atoms with Crippen molar-refractivity contribution >= 4 is 15.9 Å². The van der Waals surface area contributed by atoms with Gasteiger partial charge in [0.1, 0.15) is 11.5 Å². The molecular weight excluding hydrogens is 246 g/mol. The summed E-state index contributed by atoms with van der Waals surface area (Å²) in [5.74, 6) is 1.66. The third kappa shape index (κ3) is 2.05. The van der Waals surface area contributed by atoms with Gasteiger partial charge in [-0.3, -0.25) is 4.68 Å². The van der Waals surface area contributed by atoms with E-state index in [0.717, 1.165) is 16.0 Å². The van der Waals surface area contributed by atoms with Crippen molar-refractivity contribution < 1.29 is 4.42 Å². The minimum absolute atomic E-state index is 0.433. The standard InChI is InChI=1S/C9H10BrN3O/c10-7-4-12-13(5-7)6-9-2-1-8(3-11)14-9/h1-2,4-5H,3,6,11H2. The van der Waals surface area contributed by atoms with Gasteiger partial charge < -0.3 is 10.2 Å². The molecule has 14 heavy (non-hydrogen) atoms. The average Bonchev–Trinajstić information content (AvgIpc) is 2.76. The zero-order chi connectivity index (χ0) is 9.97. The summed E-state index contributed by atoms with van der Waals surface area (Å²) < 4.78 is 8.20. The fourth-order valence-electron chi connectivity index (χ4n) is 1.20. The third-order valence-electron chi connectivity index (χ3n) is 1.84. The van der Waals surface area contributed by atoms with Crippen molar-refractivity contribution in [2.24, 2.45) is 5.73 Å². The highest BCUT2D eigenvalue weighted by molar-refractivity contribution is 9.10. The van der Waals surface area contributed by atoms with Gasteiger partial charge in [0.15, 0.2) is 0 Å². The number of hydrogen-bond donors (Lipinski definition) is 1. The largest absolute Gasteiger partial charge is 0.463 e. The molecule has 0 bridgehead atoms. The molecule has 0 atom stereocenters. The molecule has 0 aliphatic rings. The molecule has 2 heterocycles. The van der Waals surface area contributed by atoms with Gasteiger partial charge in [-0.05, 0) is 28.1 Å². The summed E-state index contributed by atoms with van der Waals surface area (Å²) in [5, 5.41) is 4.12. The zero-order valence-electron chi connectivity index (χ0n) is 7.48. The molecule has 4 nitrogen and oxygen atoms in total. The van der Waals surface area contributed by atoms with Crippen LogP contribution in [-0.4, -0.2) is 9.78 Å². The van der Waals surface area contributed by atoms with Gasteiger partial charge in [0.2, 0.25) is 0 Å². The number of furan rings is 1. The second-order valence-corrected chi connectivity index (χ2v) is 3.84. The lowest BCUT2D eigenvalue weighted by atomic mass is 10.4. The minimum atomic E-state index is 0.433. The molecule has 0 unspecified atom stereocenters. The monoisotopic (exact) mass is 255 g/mol. The summed E-state index contributed by atoms with van der Waals surface area (Å²) in [6.45, 7) is 1.06. The quantitative estimate of drug-likeness (QED) is 0.910. The molecule has 2 aromatic heterocycles. The molecule has 0 aliphatic heterocycles. The lowest BCUT2D eigenvalue weighted by Crippen LogP contribution is -1.98. The van der Waals surface area contributed by atoms with Crippen LogP contribution >= 0.6 is 15.9 Å². The van der Waals surface area contributed by atoms with Gasteiger partial charge in [-0.1, -0.05) is 0 Å². The fourth-order valence-corrected chi connectivity index (χ4v) is 1.53. The predicted molar refractivity (Wildman–Crippen MR) is 55.6 cm³/mol. The van der Waals surface area contributed by atoms with E-state index in [1.807, 2.05) is 18.3 Å². The van der Waals surface area contributed by atoms with Gasteiger partial charge in [-0.2, -0.15) is 5.10 Å². The van der Waals surface area contributed by atoms with E-state index in [1.165, 1.54) is 0 Å². The maximum Gasteiger partial charge on any atom is 0.125 e. The van der Waals surface area contributed by atoms with E-state index in [2.05, 4.69) is 21.0 Å². The summed E-state index contributed by atoms with van der Waals surface area (Å²) >= 11 is 3.33. The summed E-state index contributed by atoms with van der Waals surface area (Å²) in [6, 6.07) is 3.80. The predicted octanol–water partition coefficient (Wildman–Crippen LogP) is 1.75. The Kier molecular flexibility index (Phi) is 2.69. The molecule has 0 saturated heterocycles. The molecule has 0 fully saturated rings. The molecular formula is C9H10BrN3O. The summed E-state index contributed by atoms with van der Waals surface area (Å²) in [6.07, 6.45) is 3.64.